The highest BCUT2D eigenvalue weighted by Crippen LogP contribution is 2.31. The number of aromatic amines is 1. The number of Topliss-reactive ketones (excluding diaryl/α,β-unsaturated/α-hetero) is 1. The van der Waals surface area contributed by atoms with E-state index in [-0.39, 0.29) is 29.1 Å². The van der Waals surface area contributed by atoms with E-state index in [2.05, 4.69) is 25.4 Å². The van der Waals surface area contributed by atoms with E-state index < -0.39 is 6.03 Å². The van der Waals surface area contributed by atoms with Crippen molar-refractivity contribution in [3.63, 3.8) is 0 Å². The fraction of sp³-hybridized carbons (Fsp3) is 0.271. The van der Waals surface area contributed by atoms with E-state index in [1.165, 1.54) is 0 Å². The molecule has 5 heterocycles. The van der Waals surface area contributed by atoms with Crippen LogP contribution in [0.2, 0.25) is 10.0 Å². The average Bonchev–Trinajstić information content (AvgIpc) is 3.72. The van der Waals surface area contributed by atoms with Crippen molar-refractivity contribution in [3.8, 4) is 16.9 Å². The summed E-state index contributed by atoms with van der Waals surface area (Å²) in [4.78, 5) is 70.0. The highest BCUT2D eigenvalue weighted by atomic mass is 35.5. The number of anilines is 3. The first-order valence-corrected chi connectivity index (χ1v) is 22.2. The number of amides is 2. The number of hydrogen-bond acceptors (Lipinski definition) is 9. The van der Waals surface area contributed by atoms with Crippen LogP contribution in [-0.2, 0) is 22.6 Å². The molecule has 0 aliphatic carbocycles. The molecule has 15 nitrogen and oxygen atoms in total. The van der Waals surface area contributed by atoms with Crippen molar-refractivity contribution in [1.29, 1.82) is 0 Å². The van der Waals surface area contributed by atoms with Gasteiger partial charge < -0.3 is 44.0 Å². The Morgan fingerprint density at radius 2 is 1.18 bits per heavy atom. The lowest BCUT2D eigenvalue weighted by atomic mass is 10.1. The molecule has 3 N–H and O–H groups in total. The van der Waals surface area contributed by atoms with Gasteiger partial charge in [0.15, 0.2) is 5.78 Å². The number of rotatable bonds is 10. The Hall–Kier alpha value is -6.65. The second kappa shape index (κ2) is 20.0. The Morgan fingerprint density at radius 3 is 1.74 bits per heavy atom. The highest BCUT2D eigenvalue weighted by molar-refractivity contribution is 6.31. The maximum absolute atomic E-state index is 12.8. The maximum atomic E-state index is 12.8. The number of ether oxygens (including phenoxy) is 2. The molecule has 17 heteroatoms. The second-order valence-electron chi connectivity index (χ2n) is 15.4. The van der Waals surface area contributed by atoms with Gasteiger partial charge in [-0.3, -0.25) is 19.0 Å². The maximum Gasteiger partial charge on any atom is 0.330 e. The Morgan fingerprint density at radius 1 is 0.662 bits per heavy atom. The number of H-pyrrole nitrogens is 1. The fourth-order valence-electron chi connectivity index (χ4n) is 8.26. The number of morpholine rings is 2. The number of aromatic nitrogens is 4. The molecule has 2 fully saturated rings. The average molecular weight is 920 g/mol. The minimum absolute atomic E-state index is 0.0325. The Balaban J connectivity index is 0.000000177. The Kier molecular flexibility index (Phi) is 13.8. The largest absolute Gasteiger partial charge is 0.378 e. The van der Waals surface area contributed by atoms with Crippen LogP contribution in [0.3, 0.4) is 0 Å². The molecule has 0 unspecified atom stereocenters. The molecule has 2 aliphatic heterocycles. The van der Waals surface area contributed by atoms with Crippen LogP contribution in [0.4, 0.5) is 21.9 Å². The number of ketones is 1. The summed E-state index contributed by atoms with van der Waals surface area (Å²) in [5, 5.41) is 8.34. The van der Waals surface area contributed by atoms with Crippen molar-refractivity contribution in [3.05, 3.63) is 150 Å². The number of urea groups is 1. The van der Waals surface area contributed by atoms with Gasteiger partial charge in [0.25, 0.3) is 11.1 Å². The third kappa shape index (κ3) is 9.88. The summed E-state index contributed by atoms with van der Waals surface area (Å²) in [5.41, 5.74) is 6.39. The molecule has 0 spiro atoms. The van der Waals surface area contributed by atoms with Gasteiger partial charge >= 0.3 is 11.7 Å². The monoisotopic (exact) mass is 918 g/mol. The smallest absolute Gasteiger partial charge is 0.330 e. The summed E-state index contributed by atoms with van der Waals surface area (Å²) >= 11 is 11.9. The first kappa shape index (κ1) is 44.9. The lowest BCUT2D eigenvalue weighted by Gasteiger charge is -2.30. The number of nitrogens with one attached hydrogen (secondary N) is 3. The Labute approximate surface area is 383 Å². The third-order valence-electron chi connectivity index (χ3n) is 11.5. The molecular formula is C48H48Cl2N8O7. The van der Waals surface area contributed by atoms with E-state index in [9.17, 15) is 24.0 Å². The van der Waals surface area contributed by atoms with Crippen molar-refractivity contribution < 1.29 is 19.1 Å². The molecule has 65 heavy (non-hydrogen) atoms. The number of halogens is 2. The summed E-state index contributed by atoms with van der Waals surface area (Å²) in [6.45, 7) is 10.1. The zero-order valence-electron chi connectivity index (χ0n) is 35.9. The van der Waals surface area contributed by atoms with Gasteiger partial charge in [-0.2, -0.15) is 0 Å². The van der Waals surface area contributed by atoms with E-state index >= 15 is 0 Å². The number of nitrogens with zero attached hydrogens (tertiary/aromatic N) is 5. The topological polar surface area (TPSA) is 165 Å². The summed E-state index contributed by atoms with van der Waals surface area (Å²) in [6.07, 6.45) is 1.70. The van der Waals surface area contributed by atoms with E-state index in [1.54, 1.807) is 74.5 Å². The lowest BCUT2D eigenvalue weighted by Crippen LogP contribution is -2.37. The van der Waals surface area contributed by atoms with E-state index in [4.69, 9.17) is 32.7 Å². The van der Waals surface area contributed by atoms with Crippen LogP contribution >= 0.6 is 23.2 Å². The quantitative estimate of drug-likeness (QED) is 0.121. The van der Waals surface area contributed by atoms with Gasteiger partial charge in [-0.15, -0.1) is 0 Å². The van der Waals surface area contributed by atoms with Crippen molar-refractivity contribution in [2.45, 2.75) is 26.9 Å². The molecule has 0 atom stereocenters. The van der Waals surface area contributed by atoms with Crippen molar-refractivity contribution in [2.75, 3.05) is 74.3 Å². The predicted molar refractivity (Wildman–Crippen MR) is 257 cm³/mol. The molecule has 9 rings (SSSR count). The molecule has 4 aromatic carbocycles. The van der Waals surface area contributed by atoms with Crippen LogP contribution in [0.1, 0.15) is 24.2 Å². The number of pyridine rings is 2. The van der Waals surface area contributed by atoms with Gasteiger partial charge in [-0.1, -0.05) is 35.3 Å². The molecule has 2 saturated heterocycles. The first-order valence-electron chi connectivity index (χ1n) is 21.4. The summed E-state index contributed by atoms with van der Waals surface area (Å²) in [6, 6.07) is 27.9. The number of carbonyl (C=O) groups is 2. The third-order valence-corrected chi connectivity index (χ3v) is 12.0. The van der Waals surface area contributed by atoms with Crippen LogP contribution in [0, 0.1) is 0 Å². The number of fused-ring (bicyclic) bond motifs is 2. The summed E-state index contributed by atoms with van der Waals surface area (Å²) < 4.78 is 16.0. The predicted octanol–water partition coefficient (Wildman–Crippen LogP) is 7.17. The zero-order valence-corrected chi connectivity index (χ0v) is 37.5. The molecule has 2 aliphatic rings. The number of aryl methyl sites for hydroxylation is 2. The number of hydrogen-bond donors (Lipinski definition) is 3. The van der Waals surface area contributed by atoms with Gasteiger partial charge in [0, 0.05) is 95.2 Å². The second-order valence-corrected chi connectivity index (χ2v) is 16.3. The van der Waals surface area contributed by atoms with Crippen molar-refractivity contribution in [2.24, 2.45) is 0 Å². The number of benzene rings is 4. The normalized spacial score (nSPS) is 14.0. The van der Waals surface area contributed by atoms with Gasteiger partial charge in [0.05, 0.1) is 66.8 Å². The zero-order chi connectivity index (χ0) is 45.6. The van der Waals surface area contributed by atoms with Crippen LogP contribution in [0.15, 0.2) is 118 Å². The molecule has 3 aromatic heterocycles. The molecule has 2 amide bonds. The van der Waals surface area contributed by atoms with Crippen LogP contribution in [0.25, 0.3) is 38.8 Å². The standard InChI is InChI=1S/C24H25ClN4O4.C24H23ClN4O3/c1-2-29-20-8-7-18(13-19(20)21(14-23(29)31)28-9-11-33-12-10-28)27-24(32)26-15-22(30)16-3-5-17(25)6-4-16;1-2-28-20-8-7-18(13-19(20)21(14-23(28)30)27-9-11-32-12-10-27)29-22(15-26-24(29)31)16-3-5-17(25)6-4-16/h3-8,13-14H,2,9-12,15H2,1H3,(H2,26,27,32);3-8,13-15H,2,9-12H2,1H3,(H,26,31). The van der Waals surface area contributed by atoms with Gasteiger partial charge in [-0.25, -0.2) is 9.59 Å². The van der Waals surface area contributed by atoms with Gasteiger partial charge in [0.2, 0.25) is 0 Å². The molecule has 7 aromatic rings. The Bertz CT molecular complexity index is 3040. The lowest BCUT2D eigenvalue weighted by molar-refractivity contribution is 0.0993. The summed E-state index contributed by atoms with van der Waals surface area (Å²) in [7, 11) is 0. The first-order chi connectivity index (χ1) is 31.5. The highest BCUT2D eigenvalue weighted by Gasteiger charge is 2.20. The minimum Gasteiger partial charge on any atom is -0.378 e. The SMILES string of the molecule is CCn1c(=O)cc(N2CCOCC2)c2cc(-n3c(-c4ccc(Cl)cc4)c[nH]c3=O)ccc21.CCn1c(=O)cc(N2CCOCC2)c2cc(NC(=O)NCC(=O)c3ccc(Cl)cc3)ccc21. The number of imidazole rings is 1. The summed E-state index contributed by atoms with van der Waals surface area (Å²) in [5.74, 6) is -0.220. The fourth-order valence-corrected chi connectivity index (χ4v) is 8.51. The molecule has 336 valence electrons. The number of carbonyl (C=O) groups excluding carboxylic acids is 2. The molecule has 0 radical (unpaired) electrons. The van der Waals surface area contributed by atoms with Crippen LogP contribution in [-0.4, -0.2) is 89.7 Å². The van der Waals surface area contributed by atoms with E-state index in [0.717, 1.165) is 63.2 Å². The van der Waals surface area contributed by atoms with Crippen molar-refractivity contribution >= 4 is 73.9 Å². The van der Waals surface area contributed by atoms with Crippen LogP contribution < -0.4 is 37.2 Å². The molecule has 0 bridgehead atoms. The molecule has 0 saturated carbocycles. The van der Waals surface area contributed by atoms with E-state index in [0.29, 0.717) is 73.9 Å². The van der Waals surface area contributed by atoms with E-state index in [1.807, 2.05) is 56.3 Å². The van der Waals surface area contributed by atoms with Crippen LogP contribution in [0.5, 0.6) is 0 Å². The van der Waals surface area contributed by atoms with Crippen molar-refractivity contribution in [1.82, 2.24) is 24.0 Å². The molecular weight excluding hydrogens is 871 g/mol. The minimum atomic E-state index is -0.492. The van der Waals surface area contributed by atoms with Gasteiger partial charge in [0.1, 0.15) is 0 Å². The van der Waals surface area contributed by atoms with Gasteiger partial charge in [-0.05, 0) is 86.6 Å².